The highest BCUT2D eigenvalue weighted by atomic mass is 19.1. The summed E-state index contributed by atoms with van der Waals surface area (Å²) in [7, 11) is 0. The third-order valence-electron chi connectivity index (χ3n) is 3.42. The van der Waals surface area contributed by atoms with Crippen molar-refractivity contribution >= 4 is 5.78 Å². The van der Waals surface area contributed by atoms with E-state index in [4.69, 9.17) is 0 Å². The molecule has 0 bridgehead atoms. The van der Waals surface area contributed by atoms with Gasteiger partial charge in [0.15, 0.2) is 5.78 Å². The standard InChI is InChI=1S/C16H14FNO/c17-15-7-3-6-12(8-15)16(19)11-18-9-13-4-1-2-5-14(13)10-18/h1-8H,9-11H2. The van der Waals surface area contributed by atoms with Crippen LogP contribution < -0.4 is 0 Å². The lowest BCUT2D eigenvalue weighted by atomic mass is 10.1. The number of hydrogen-bond acceptors (Lipinski definition) is 2. The van der Waals surface area contributed by atoms with Crippen LogP contribution in [0, 0.1) is 5.82 Å². The van der Waals surface area contributed by atoms with Crippen LogP contribution in [0.2, 0.25) is 0 Å². The van der Waals surface area contributed by atoms with E-state index >= 15 is 0 Å². The lowest BCUT2D eigenvalue weighted by Gasteiger charge is -2.13. The average molecular weight is 255 g/mol. The predicted molar refractivity (Wildman–Crippen MR) is 71.3 cm³/mol. The van der Waals surface area contributed by atoms with Crippen LogP contribution in [0.3, 0.4) is 0 Å². The van der Waals surface area contributed by atoms with Crippen molar-refractivity contribution in [2.75, 3.05) is 6.54 Å². The Morgan fingerprint density at radius 1 is 1.05 bits per heavy atom. The number of rotatable bonds is 3. The quantitative estimate of drug-likeness (QED) is 0.786. The van der Waals surface area contributed by atoms with Gasteiger partial charge in [0, 0.05) is 18.7 Å². The molecule has 0 unspecified atom stereocenters. The van der Waals surface area contributed by atoms with Crippen LogP contribution in [-0.4, -0.2) is 17.2 Å². The molecule has 0 fully saturated rings. The van der Waals surface area contributed by atoms with Crippen LogP contribution in [0.4, 0.5) is 4.39 Å². The molecule has 2 aromatic carbocycles. The summed E-state index contributed by atoms with van der Waals surface area (Å²) in [5, 5.41) is 0. The fourth-order valence-corrected chi connectivity index (χ4v) is 2.47. The van der Waals surface area contributed by atoms with Crippen molar-refractivity contribution in [3.63, 3.8) is 0 Å². The molecule has 0 amide bonds. The van der Waals surface area contributed by atoms with Crippen molar-refractivity contribution in [3.05, 3.63) is 71.0 Å². The Labute approximate surface area is 111 Å². The molecule has 1 aliphatic heterocycles. The van der Waals surface area contributed by atoms with Gasteiger partial charge in [-0.15, -0.1) is 0 Å². The van der Waals surface area contributed by atoms with Crippen molar-refractivity contribution in [2.45, 2.75) is 13.1 Å². The van der Waals surface area contributed by atoms with E-state index < -0.39 is 0 Å². The molecule has 2 aromatic rings. The monoisotopic (exact) mass is 255 g/mol. The maximum Gasteiger partial charge on any atom is 0.176 e. The molecule has 3 heteroatoms. The van der Waals surface area contributed by atoms with Gasteiger partial charge in [-0.05, 0) is 23.3 Å². The zero-order valence-corrected chi connectivity index (χ0v) is 10.5. The van der Waals surface area contributed by atoms with Crippen molar-refractivity contribution < 1.29 is 9.18 Å². The summed E-state index contributed by atoms with van der Waals surface area (Å²) in [4.78, 5) is 14.2. The Bertz CT molecular complexity index is 599. The Balaban J connectivity index is 1.69. The lowest BCUT2D eigenvalue weighted by molar-refractivity contribution is 0.0929. The molecule has 0 atom stereocenters. The van der Waals surface area contributed by atoms with Gasteiger partial charge in [0.2, 0.25) is 0 Å². The predicted octanol–water partition coefficient (Wildman–Crippen LogP) is 3.02. The molecular formula is C16H14FNO. The van der Waals surface area contributed by atoms with Crippen LogP contribution in [0.25, 0.3) is 0 Å². The third-order valence-corrected chi connectivity index (χ3v) is 3.42. The lowest BCUT2D eigenvalue weighted by Crippen LogP contribution is -2.24. The summed E-state index contributed by atoms with van der Waals surface area (Å²) in [6, 6.07) is 14.1. The smallest absolute Gasteiger partial charge is 0.176 e. The molecule has 0 saturated carbocycles. The summed E-state index contributed by atoms with van der Waals surface area (Å²) < 4.78 is 13.1. The van der Waals surface area contributed by atoms with Gasteiger partial charge in [-0.25, -0.2) is 4.39 Å². The van der Waals surface area contributed by atoms with E-state index in [9.17, 15) is 9.18 Å². The molecule has 0 aliphatic carbocycles. The second-order valence-electron chi connectivity index (χ2n) is 4.85. The molecular weight excluding hydrogens is 241 g/mol. The first kappa shape index (κ1) is 12.1. The summed E-state index contributed by atoms with van der Waals surface area (Å²) in [6.45, 7) is 1.91. The molecule has 2 nitrogen and oxygen atoms in total. The highest BCUT2D eigenvalue weighted by molar-refractivity contribution is 5.97. The molecule has 0 spiro atoms. The summed E-state index contributed by atoms with van der Waals surface area (Å²) in [5.41, 5.74) is 2.99. The van der Waals surface area contributed by atoms with E-state index in [1.54, 1.807) is 12.1 Å². The summed E-state index contributed by atoms with van der Waals surface area (Å²) in [6.07, 6.45) is 0. The molecule has 0 saturated heterocycles. The largest absolute Gasteiger partial charge is 0.293 e. The number of Topliss-reactive ketones (excluding diaryl/α,β-unsaturated/α-hetero) is 1. The van der Waals surface area contributed by atoms with Gasteiger partial charge < -0.3 is 0 Å². The van der Waals surface area contributed by atoms with E-state index in [0.717, 1.165) is 13.1 Å². The zero-order valence-electron chi connectivity index (χ0n) is 10.5. The van der Waals surface area contributed by atoms with Crippen molar-refractivity contribution in [3.8, 4) is 0 Å². The van der Waals surface area contributed by atoms with Gasteiger partial charge in [-0.2, -0.15) is 0 Å². The number of fused-ring (bicyclic) bond motifs is 1. The van der Waals surface area contributed by atoms with Crippen LogP contribution in [0.5, 0.6) is 0 Å². The van der Waals surface area contributed by atoms with E-state index in [1.807, 2.05) is 12.1 Å². The maximum absolute atomic E-state index is 13.1. The van der Waals surface area contributed by atoms with Gasteiger partial charge in [0.25, 0.3) is 0 Å². The summed E-state index contributed by atoms with van der Waals surface area (Å²) >= 11 is 0. The molecule has 19 heavy (non-hydrogen) atoms. The fraction of sp³-hybridized carbons (Fsp3) is 0.188. The Kier molecular flexibility index (Phi) is 3.13. The van der Waals surface area contributed by atoms with Crippen molar-refractivity contribution in [1.29, 1.82) is 0 Å². The van der Waals surface area contributed by atoms with Crippen molar-refractivity contribution in [2.24, 2.45) is 0 Å². The summed E-state index contributed by atoms with van der Waals surface area (Å²) in [5.74, 6) is -0.400. The van der Waals surface area contributed by atoms with Gasteiger partial charge in [0.05, 0.1) is 6.54 Å². The Hall–Kier alpha value is -2.00. The number of hydrogen-bond donors (Lipinski definition) is 0. The van der Waals surface area contributed by atoms with E-state index in [0.29, 0.717) is 12.1 Å². The highest BCUT2D eigenvalue weighted by Gasteiger charge is 2.20. The maximum atomic E-state index is 13.1. The molecule has 0 radical (unpaired) electrons. The Morgan fingerprint density at radius 2 is 1.74 bits per heavy atom. The number of carbonyl (C=O) groups excluding carboxylic acids is 1. The topological polar surface area (TPSA) is 20.3 Å². The fourth-order valence-electron chi connectivity index (χ4n) is 2.47. The minimum absolute atomic E-state index is 0.0349. The van der Waals surface area contributed by atoms with Gasteiger partial charge in [0.1, 0.15) is 5.82 Å². The third kappa shape index (κ3) is 2.56. The van der Waals surface area contributed by atoms with Gasteiger partial charge in [-0.1, -0.05) is 36.4 Å². The first-order chi connectivity index (χ1) is 9.22. The Morgan fingerprint density at radius 3 is 2.37 bits per heavy atom. The molecule has 1 aliphatic rings. The van der Waals surface area contributed by atoms with Crippen LogP contribution in [0.15, 0.2) is 48.5 Å². The number of benzene rings is 2. The minimum atomic E-state index is -0.365. The van der Waals surface area contributed by atoms with Crippen LogP contribution in [0.1, 0.15) is 21.5 Å². The average Bonchev–Trinajstić information content (AvgIpc) is 2.80. The second kappa shape index (κ2) is 4.94. The first-order valence-corrected chi connectivity index (χ1v) is 6.30. The van der Waals surface area contributed by atoms with Crippen LogP contribution >= 0.6 is 0 Å². The van der Waals surface area contributed by atoms with Gasteiger partial charge in [-0.3, -0.25) is 9.69 Å². The molecule has 1 heterocycles. The number of halogens is 1. The molecule has 0 aromatic heterocycles. The molecule has 0 N–H and O–H groups in total. The van der Waals surface area contributed by atoms with E-state index in [-0.39, 0.29) is 11.6 Å². The first-order valence-electron chi connectivity index (χ1n) is 6.30. The van der Waals surface area contributed by atoms with E-state index in [2.05, 4.69) is 17.0 Å². The van der Waals surface area contributed by atoms with Crippen molar-refractivity contribution in [1.82, 2.24) is 4.90 Å². The number of carbonyl (C=O) groups is 1. The second-order valence-corrected chi connectivity index (χ2v) is 4.85. The van der Waals surface area contributed by atoms with Gasteiger partial charge >= 0.3 is 0 Å². The minimum Gasteiger partial charge on any atom is -0.293 e. The molecule has 96 valence electrons. The normalized spacial score (nSPS) is 14.4. The number of ketones is 1. The SMILES string of the molecule is O=C(CN1Cc2ccccc2C1)c1cccc(F)c1. The van der Waals surface area contributed by atoms with Crippen LogP contribution in [-0.2, 0) is 13.1 Å². The zero-order chi connectivity index (χ0) is 13.2. The highest BCUT2D eigenvalue weighted by Crippen LogP contribution is 2.22. The molecule has 3 rings (SSSR count). The van der Waals surface area contributed by atoms with E-state index in [1.165, 1.54) is 23.3 Å². The number of nitrogens with zero attached hydrogens (tertiary/aromatic N) is 1.